The van der Waals surface area contributed by atoms with Gasteiger partial charge in [-0.15, -0.1) is 11.3 Å². The third-order valence-corrected chi connectivity index (χ3v) is 5.88. The molecule has 0 aliphatic rings. The Kier molecular flexibility index (Phi) is 6.42. The quantitative estimate of drug-likeness (QED) is 0.538. The number of hydrogen-bond donors (Lipinski definition) is 0. The molecule has 148 valence electrons. The van der Waals surface area contributed by atoms with Crippen LogP contribution in [0.3, 0.4) is 0 Å². The van der Waals surface area contributed by atoms with Crippen LogP contribution in [0.4, 0.5) is 0 Å². The number of amides is 1. The molecule has 5 nitrogen and oxygen atoms in total. The van der Waals surface area contributed by atoms with Gasteiger partial charge >= 0.3 is 0 Å². The van der Waals surface area contributed by atoms with Gasteiger partial charge in [-0.25, -0.2) is 0 Å². The van der Waals surface area contributed by atoms with E-state index >= 15 is 0 Å². The molecule has 1 aromatic carbocycles. The van der Waals surface area contributed by atoms with E-state index in [9.17, 15) is 4.79 Å². The van der Waals surface area contributed by atoms with Gasteiger partial charge in [-0.05, 0) is 56.5 Å². The summed E-state index contributed by atoms with van der Waals surface area (Å²) >= 11 is 7.32. The van der Waals surface area contributed by atoms with E-state index in [0.29, 0.717) is 23.1 Å². The normalized spacial score (nSPS) is 10.9. The zero-order chi connectivity index (χ0) is 20.3. The average molecular weight is 418 g/mol. The molecule has 0 saturated heterocycles. The van der Waals surface area contributed by atoms with Crippen LogP contribution in [0.5, 0.6) is 5.75 Å². The Morgan fingerprint density at radius 2 is 2.00 bits per heavy atom. The molecule has 0 unspecified atom stereocenters. The van der Waals surface area contributed by atoms with Crippen molar-refractivity contribution >= 4 is 28.8 Å². The van der Waals surface area contributed by atoms with Crippen molar-refractivity contribution in [2.75, 3.05) is 7.05 Å². The van der Waals surface area contributed by atoms with E-state index in [1.54, 1.807) is 17.0 Å². The van der Waals surface area contributed by atoms with E-state index in [2.05, 4.69) is 18.9 Å². The lowest BCUT2D eigenvalue weighted by molar-refractivity contribution is 0.0789. The highest BCUT2D eigenvalue weighted by molar-refractivity contribution is 7.12. The van der Waals surface area contributed by atoms with Crippen LogP contribution in [0.25, 0.3) is 0 Å². The van der Waals surface area contributed by atoms with Crippen LogP contribution in [0.15, 0.2) is 35.7 Å². The first-order chi connectivity index (χ1) is 13.4. The van der Waals surface area contributed by atoms with Crippen molar-refractivity contribution in [1.29, 1.82) is 0 Å². The molecule has 28 heavy (non-hydrogen) atoms. The number of carbonyl (C=O) groups is 1. The predicted octanol–water partition coefficient (Wildman–Crippen LogP) is 5.09. The molecule has 2 heterocycles. The summed E-state index contributed by atoms with van der Waals surface area (Å²) in [5.41, 5.74) is 4.17. The molecule has 3 rings (SSSR count). The molecule has 2 aromatic heterocycles. The first-order valence-electron chi connectivity index (χ1n) is 9.13. The summed E-state index contributed by atoms with van der Waals surface area (Å²) < 4.78 is 7.73. The number of nitrogens with zero attached hydrogens (tertiary/aromatic N) is 3. The van der Waals surface area contributed by atoms with Crippen LogP contribution < -0.4 is 4.74 Å². The molecule has 0 atom stereocenters. The molecule has 0 bridgehead atoms. The number of halogens is 1. The Bertz CT molecular complexity index is 963. The third kappa shape index (κ3) is 4.56. The maximum absolute atomic E-state index is 12.8. The van der Waals surface area contributed by atoms with Crippen molar-refractivity contribution in [3.63, 3.8) is 0 Å². The molecule has 0 saturated carbocycles. The first kappa shape index (κ1) is 20.4. The number of carbonyl (C=O) groups excluding carboxylic acids is 1. The summed E-state index contributed by atoms with van der Waals surface area (Å²) in [6, 6.07) is 9.14. The van der Waals surface area contributed by atoms with Crippen LogP contribution in [0, 0.1) is 13.8 Å². The largest absolute Gasteiger partial charge is 0.489 e. The van der Waals surface area contributed by atoms with E-state index < -0.39 is 0 Å². The number of rotatable bonds is 7. The van der Waals surface area contributed by atoms with Gasteiger partial charge in [0.2, 0.25) is 0 Å². The molecule has 0 aliphatic heterocycles. The predicted molar refractivity (Wildman–Crippen MR) is 113 cm³/mol. The highest BCUT2D eigenvalue weighted by Gasteiger charge is 2.18. The zero-order valence-electron chi connectivity index (χ0n) is 16.5. The van der Waals surface area contributed by atoms with Gasteiger partial charge in [-0.3, -0.25) is 9.48 Å². The van der Waals surface area contributed by atoms with Crippen LogP contribution in [-0.2, 0) is 19.7 Å². The first-order valence-corrected chi connectivity index (χ1v) is 10.4. The number of aromatic nitrogens is 2. The number of aryl methyl sites for hydroxylation is 2. The minimum atomic E-state index is 0.00536. The van der Waals surface area contributed by atoms with Crippen LogP contribution in [0.2, 0.25) is 5.02 Å². The minimum Gasteiger partial charge on any atom is -0.489 e. The molecule has 7 heteroatoms. The summed E-state index contributed by atoms with van der Waals surface area (Å²) in [4.78, 5) is 15.3. The average Bonchev–Trinajstić information content (AvgIpc) is 3.26. The third-order valence-electron chi connectivity index (χ3n) is 4.66. The topological polar surface area (TPSA) is 47.4 Å². The smallest absolute Gasteiger partial charge is 0.263 e. The van der Waals surface area contributed by atoms with Crippen molar-refractivity contribution in [2.45, 2.75) is 40.5 Å². The Morgan fingerprint density at radius 3 is 2.64 bits per heavy atom. The number of hydrogen-bond acceptors (Lipinski definition) is 4. The molecule has 0 fully saturated rings. The molecule has 3 aromatic rings. The lowest BCUT2D eigenvalue weighted by atomic mass is 10.2. The number of benzene rings is 1. The maximum Gasteiger partial charge on any atom is 0.263 e. The van der Waals surface area contributed by atoms with Crippen molar-refractivity contribution in [3.8, 4) is 5.75 Å². The highest BCUT2D eigenvalue weighted by Crippen LogP contribution is 2.22. The number of thiophene rings is 1. The number of ether oxygens (including phenoxy) is 1. The van der Waals surface area contributed by atoms with E-state index in [1.165, 1.54) is 11.3 Å². The van der Waals surface area contributed by atoms with Crippen molar-refractivity contribution < 1.29 is 9.53 Å². The molecular weight excluding hydrogens is 394 g/mol. The van der Waals surface area contributed by atoms with Gasteiger partial charge in [-0.2, -0.15) is 5.10 Å². The highest BCUT2D eigenvalue weighted by atomic mass is 35.5. The van der Waals surface area contributed by atoms with Crippen molar-refractivity contribution in [1.82, 2.24) is 14.7 Å². The monoisotopic (exact) mass is 417 g/mol. The lowest BCUT2D eigenvalue weighted by Crippen LogP contribution is -2.26. The molecule has 0 radical (unpaired) electrons. The summed E-state index contributed by atoms with van der Waals surface area (Å²) in [6.45, 7) is 7.89. The summed E-state index contributed by atoms with van der Waals surface area (Å²) in [7, 11) is 1.83. The van der Waals surface area contributed by atoms with Gasteiger partial charge in [0.15, 0.2) is 0 Å². The second kappa shape index (κ2) is 8.80. The molecule has 1 amide bonds. The Labute approximate surface area is 174 Å². The maximum atomic E-state index is 12.8. The second-order valence-electron chi connectivity index (χ2n) is 6.69. The summed E-state index contributed by atoms with van der Waals surface area (Å²) in [5.74, 6) is 0.755. The van der Waals surface area contributed by atoms with E-state index in [0.717, 1.165) is 34.8 Å². The molecule has 0 aliphatic carbocycles. The van der Waals surface area contributed by atoms with E-state index in [-0.39, 0.29) is 5.91 Å². The molecule has 0 N–H and O–H groups in total. The van der Waals surface area contributed by atoms with Gasteiger partial charge in [-0.1, -0.05) is 11.6 Å². The van der Waals surface area contributed by atoms with Gasteiger partial charge in [0.25, 0.3) is 5.91 Å². The SMILES string of the molecule is CCn1nc(C)c(CN(C)C(=O)c2cc(COc3ccc(Cl)cc3)cs2)c1C. The van der Waals surface area contributed by atoms with Crippen molar-refractivity contribution in [2.24, 2.45) is 0 Å². The Morgan fingerprint density at radius 1 is 1.29 bits per heavy atom. The van der Waals surface area contributed by atoms with Crippen LogP contribution in [0.1, 0.15) is 39.1 Å². The van der Waals surface area contributed by atoms with E-state index in [1.807, 2.05) is 42.2 Å². The minimum absolute atomic E-state index is 0.00536. The molecular formula is C21H24ClN3O2S. The van der Waals surface area contributed by atoms with Gasteiger partial charge in [0.05, 0.1) is 10.6 Å². The fourth-order valence-corrected chi connectivity index (χ4v) is 4.05. The summed E-state index contributed by atoms with van der Waals surface area (Å²) in [5, 5.41) is 7.17. The zero-order valence-corrected chi connectivity index (χ0v) is 18.1. The molecule has 0 spiro atoms. The van der Waals surface area contributed by atoms with Crippen molar-refractivity contribution in [3.05, 3.63) is 68.1 Å². The summed E-state index contributed by atoms with van der Waals surface area (Å²) in [6.07, 6.45) is 0. The fraction of sp³-hybridized carbons (Fsp3) is 0.333. The lowest BCUT2D eigenvalue weighted by Gasteiger charge is -2.16. The fourth-order valence-electron chi connectivity index (χ4n) is 3.03. The van der Waals surface area contributed by atoms with E-state index in [4.69, 9.17) is 16.3 Å². The Balaban J connectivity index is 1.63. The Hall–Kier alpha value is -2.31. The van der Waals surface area contributed by atoms with Gasteiger partial charge in [0, 0.05) is 42.0 Å². The van der Waals surface area contributed by atoms with Crippen LogP contribution in [-0.4, -0.2) is 27.6 Å². The van der Waals surface area contributed by atoms with Gasteiger partial charge in [0.1, 0.15) is 12.4 Å². The van der Waals surface area contributed by atoms with Gasteiger partial charge < -0.3 is 9.64 Å². The second-order valence-corrected chi connectivity index (χ2v) is 8.04. The standard InChI is InChI=1S/C21H24ClN3O2S/c1-5-25-15(3)19(14(2)23-25)11-24(4)21(26)20-10-16(13-28-20)12-27-18-8-6-17(22)7-9-18/h6-10,13H,5,11-12H2,1-4H3. The van der Waals surface area contributed by atoms with Crippen LogP contribution >= 0.6 is 22.9 Å².